The van der Waals surface area contributed by atoms with Crippen LogP contribution in [0.3, 0.4) is 0 Å². The van der Waals surface area contributed by atoms with Crippen LogP contribution in [0.25, 0.3) is 11.4 Å². The van der Waals surface area contributed by atoms with E-state index < -0.39 is 17.9 Å². The van der Waals surface area contributed by atoms with Crippen molar-refractivity contribution in [3.05, 3.63) is 52.3 Å². The van der Waals surface area contributed by atoms with Crippen molar-refractivity contribution in [2.75, 3.05) is 24.9 Å². The lowest BCUT2D eigenvalue weighted by atomic mass is 10.1. The van der Waals surface area contributed by atoms with Crippen LogP contribution in [0, 0.1) is 0 Å². The fourth-order valence-corrected chi connectivity index (χ4v) is 3.19. The number of amides is 1. The summed E-state index contributed by atoms with van der Waals surface area (Å²) in [5.74, 6) is -1.02. The van der Waals surface area contributed by atoms with E-state index >= 15 is 0 Å². The van der Waals surface area contributed by atoms with Gasteiger partial charge in [0.1, 0.15) is 6.04 Å². The van der Waals surface area contributed by atoms with Crippen LogP contribution in [0.2, 0.25) is 10.0 Å². The van der Waals surface area contributed by atoms with Gasteiger partial charge >= 0.3 is 5.97 Å². The number of hydrogen-bond acceptors (Lipinski definition) is 8. The van der Waals surface area contributed by atoms with Gasteiger partial charge in [-0.2, -0.15) is 9.97 Å². The lowest BCUT2D eigenvalue weighted by Crippen LogP contribution is -2.26. The molecule has 0 fully saturated rings. The summed E-state index contributed by atoms with van der Waals surface area (Å²) in [6, 6.07) is 5.52. The van der Waals surface area contributed by atoms with Crippen molar-refractivity contribution in [3.8, 4) is 23.1 Å². The molecule has 12 heteroatoms. The third-order valence-corrected chi connectivity index (χ3v) is 5.03. The number of carbonyl (C=O) groups is 2. The maximum atomic E-state index is 12.6. The average Bonchev–Trinajstić information content (AvgIpc) is 2.81. The molecule has 0 saturated heterocycles. The second-order valence-corrected chi connectivity index (χ2v) is 7.47. The number of hydrogen-bond donors (Lipinski definition) is 3. The molecule has 0 aliphatic rings. The Morgan fingerprint density at radius 1 is 0.970 bits per heavy atom. The van der Waals surface area contributed by atoms with Crippen LogP contribution < -0.4 is 20.1 Å². The second kappa shape index (κ2) is 10.3. The minimum atomic E-state index is -1.06. The molecule has 2 aromatic heterocycles. The first-order valence-corrected chi connectivity index (χ1v) is 10.2. The molecule has 0 saturated carbocycles. The Morgan fingerprint density at radius 3 is 2.00 bits per heavy atom. The zero-order valence-electron chi connectivity index (χ0n) is 17.7. The Labute approximate surface area is 198 Å². The molecule has 2 heterocycles. The van der Waals surface area contributed by atoms with Gasteiger partial charge in [0.25, 0.3) is 5.91 Å². The SMILES string of the molecule is COc1nc(-c2ccc(C(=O)Nc3c(Cl)cncc3Cl)cc2)nc(OC)c1NC(C)C(=O)O. The highest BCUT2D eigenvalue weighted by Gasteiger charge is 2.21. The molecule has 3 rings (SSSR count). The summed E-state index contributed by atoms with van der Waals surface area (Å²) in [7, 11) is 2.79. The molecule has 0 aliphatic carbocycles. The highest BCUT2D eigenvalue weighted by Crippen LogP contribution is 2.34. The largest absolute Gasteiger partial charge is 0.480 e. The van der Waals surface area contributed by atoms with Crippen LogP contribution >= 0.6 is 23.2 Å². The number of carboxylic acid groups (broad SMARTS) is 1. The van der Waals surface area contributed by atoms with Crippen LogP contribution in [0.1, 0.15) is 17.3 Å². The Hall–Kier alpha value is -3.63. The zero-order chi connectivity index (χ0) is 24.1. The number of nitrogens with zero attached hydrogens (tertiary/aromatic N) is 3. The Bertz CT molecular complexity index is 1140. The van der Waals surface area contributed by atoms with E-state index in [1.807, 2.05) is 0 Å². The number of carbonyl (C=O) groups excluding carboxylic acids is 1. The first kappa shape index (κ1) is 24.0. The molecule has 1 aromatic carbocycles. The number of nitrogens with one attached hydrogen (secondary N) is 2. The van der Waals surface area contributed by atoms with Crippen molar-refractivity contribution in [2.45, 2.75) is 13.0 Å². The third-order valence-electron chi connectivity index (χ3n) is 4.46. The Balaban J connectivity index is 1.88. The van der Waals surface area contributed by atoms with Gasteiger partial charge in [-0.3, -0.25) is 14.6 Å². The van der Waals surface area contributed by atoms with Gasteiger partial charge in [-0.05, 0) is 19.1 Å². The number of anilines is 2. The van der Waals surface area contributed by atoms with Crippen LogP contribution in [0.15, 0.2) is 36.7 Å². The Kier molecular flexibility index (Phi) is 7.52. The lowest BCUT2D eigenvalue weighted by Gasteiger charge is -2.17. The molecule has 0 spiro atoms. The van der Waals surface area contributed by atoms with Crippen molar-refractivity contribution < 1.29 is 24.2 Å². The molecule has 33 heavy (non-hydrogen) atoms. The molecule has 1 unspecified atom stereocenters. The molecule has 0 bridgehead atoms. The van der Waals surface area contributed by atoms with E-state index in [9.17, 15) is 9.59 Å². The second-order valence-electron chi connectivity index (χ2n) is 6.65. The van der Waals surface area contributed by atoms with Gasteiger partial charge in [0.05, 0.1) is 30.0 Å². The van der Waals surface area contributed by atoms with E-state index in [2.05, 4.69) is 25.6 Å². The molecular formula is C21H19Cl2N5O5. The number of pyridine rings is 1. The lowest BCUT2D eigenvalue weighted by molar-refractivity contribution is -0.137. The predicted molar refractivity (Wildman–Crippen MR) is 124 cm³/mol. The number of aliphatic carboxylic acids is 1. The van der Waals surface area contributed by atoms with Gasteiger partial charge in [0.15, 0.2) is 11.5 Å². The number of ether oxygens (including phenoxy) is 2. The molecule has 0 aliphatic heterocycles. The topological polar surface area (TPSA) is 136 Å². The summed E-state index contributed by atoms with van der Waals surface area (Å²) >= 11 is 12.1. The highest BCUT2D eigenvalue weighted by atomic mass is 35.5. The quantitative estimate of drug-likeness (QED) is 0.426. The summed E-state index contributed by atoms with van der Waals surface area (Å²) in [5.41, 5.74) is 1.39. The fraction of sp³-hybridized carbons (Fsp3) is 0.190. The average molecular weight is 492 g/mol. The third kappa shape index (κ3) is 5.41. The summed E-state index contributed by atoms with van der Waals surface area (Å²) in [6.45, 7) is 1.46. The summed E-state index contributed by atoms with van der Waals surface area (Å²) in [5, 5.41) is 15.0. The maximum absolute atomic E-state index is 12.6. The van der Waals surface area contributed by atoms with E-state index in [1.54, 1.807) is 24.3 Å². The minimum Gasteiger partial charge on any atom is -0.480 e. The van der Waals surface area contributed by atoms with Crippen LogP contribution in [-0.2, 0) is 4.79 Å². The summed E-state index contributed by atoms with van der Waals surface area (Å²) in [4.78, 5) is 36.3. The fourth-order valence-electron chi connectivity index (χ4n) is 2.73. The van der Waals surface area contributed by atoms with Crippen molar-refractivity contribution in [3.63, 3.8) is 0 Å². The van der Waals surface area contributed by atoms with Crippen LogP contribution in [0.5, 0.6) is 11.8 Å². The first-order chi connectivity index (χ1) is 15.7. The van der Waals surface area contributed by atoms with Gasteiger partial charge in [0, 0.05) is 23.5 Å². The standard InChI is InChI=1S/C21H19Cl2N5O5/c1-10(21(30)31)25-16-19(32-2)27-17(28-20(16)33-3)11-4-6-12(7-5-11)18(29)26-15-13(22)8-24-9-14(15)23/h4-10,25H,1-3H3,(H,30,31)(H,24,26,29). The van der Waals surface area contributed by atoms with Gasteiger partial charge in [0.2, 0.25) is 11.8 Å². The monoisotopic (exact) mass is 491 g/mol. The molecule has 3 N–H and O–H groups in total. The number of benzene rings is 1. The van der Waals surface area contributed by atoms with E-state index in [1.165, 1.54) is 33.5 Å². The number of aromatic nitrogens is 3. The number of halogens is 2. The Morgan fingerprint density at radius 2 is 1.52 bits per heavy atom. The van der Waals surface area contributed by atoms with Crippen molar-refractivity contribution >= 4 is 46.5 Å². The van der Waals surface area contributed by atoms with Crippen LogP contribution in [-0.4, -0.2) is 52.2 Å². The number of carboxylic acids is 1. The maximum Gasteiger partial charge on any atom is 0.325 e. The number of methoxy groups -OCH3 is 2. The van der Waals surface area contributed by atoms with Gasteiger partial charge < -0.3 is 25.2 Å². The van der Waals surface area contributed by atoms with Crippen molar-refractivity contribution in [1.82, 2.24) is 15.0 Å². The molecular weight excluding hydrogens is 473 g/mol. The van der Waals surface area contributed by atoms with Crippen molar-refractivity contribution in [2.24, 2.45) is 0 Å². The van der Waals surface area contributed by atoms with Crippen LogP contribution in [0.4, 0.5) is 11.4 Å². The van der Waals surface area contributed by atoms with Gasteiger partial charge in [-0.1, -0.05) is 35.3 Å². The van der Waals surface area contributed by atoms with E-state index in [0.717, 1.165) is 0 Å². The van der Waals surface area contributed by atoms with E-state index in [0.29, 0.717) is 11.1 Å². The molecule has 172 valence electrons. The summed E-state index contributed by atoms with van der Waals surface area (Å²) < 4.78 is 10.6. The predicted octanol–water partition coefficient (Wildman–Crippen LogP) is 4.00. The first-order valence-electron chi connectivity index (χ1n) is 9.45. The van der Waals surface area contributed by atoms with Gasteiger partial charge in [-0.15, -0.1) is 0 Å². The van der Waals surface area contributed by atoms with Gasteiger partial charge in [-0.25, -0.2) is 0 Å². The molecule has 0 radical (unpaired) electrons. The molecule has 3 aromatic rings. The molecule has 10 nitrogen and oxygen atoms in total. The minimum absolute atomic E-state index is 0.105. The highest BCUT2D eigenvalue weighted by molar-refractivity contribution is 6.39. The van der Waals surface area contributed by atoms with Crippen molar-refractivity contribution in [1.29, 1.82) is 0 Å². The normalized spacial score (nSPS) is 11.4. The number of rotatable bonds is 8. The van der Waals surface area contributed by atoms with E-state index in [-0.39, 0.29) is 39.0 Å². The smallest absolute Gasteiger partial charge is 0.325 e. The summed E-state index contributed by atoms with van der Waals surface area (Å²) in [6.07, 6.45) is 2.75. The zero-order valence-corrected chi connectivity index (χ0v) is 19.2. The van der Waals surface area contributed by atoms with E-state index in [4.69, 9.17) is 37.8 Å². The molecule has 1 amide bonds. The molecule has 1 atom stereocenters.